The van der Waals surface area contributed by atoms with Gasteiger partial charge in [-0.25, -0.2) is 0 Å². The van der Waals surface area contributed by atoms with Gasteiger partial charge >= 0.3 is 0 Å². The molecular formula is C15H19NOS. The fourth-order valence-corrected chi connectivity index (χ4v) is 3.61. The second kappa shape index (κ2) is 5.19. The Morgan fingerprint density at radius 3 is 2.56 bits per heavy atom. The van der Waals surface area contributed by atoms with E-state index in [0.29, 0.717) is 5.25 Å². The number of thioether (sulfide) groups is 1. The van der Waals surface area contributed by atoms with Gasteiger partial charge in [-0.2, -0.15) is 0 Å². The van der Waals surface area contributed by atoms with Gasteiger partial charge in [-0.3, -0.25) is 4.99 Å². The van der Waals surface area contributed by atoms with E-state index in [1.165, 1.54) is 5.56 Å². The maximum Gasteiger partial charge on any atom is 0.146 e. The van der Waals surface area contributed by atoms with Crippen LogP contribution in [0.1, 0.15) is 31.6 Å². The monoisotopic (exact) mass is 261 g/mol. The molecule has 0 N–H and O–H groups in total. The molecular weight excluding hydrogens is 242 g/mol. The van der Waals surface area contributed by atoms with Gasteiger partial charge in [0.2, 0.25) is 0 Å². The highest BCUT2D eigenvalue weighted by atomic mass is 32.2. The van der Waals surface area contributed by atoms with E-state index in [-0.39, 0.29) is 5.54 Å². The highest BCUT2D eigenvalue weighted by Crippen LogP contribution is 2.48. The van der Waals surface area contributed by atoms with Gasteiger partial charge in [0, 0.05) is 0 Å². The van der Waals surface area contributed by atoms with Crippen molar-refractivity contribution in [1.29, 1.82) is 0 Å². The largest absolute Gasteiger partial charge is 0.494 e. The van der Waals surface area contributed by atoms with Crippen LogP contribution in [0.25, 0.3) is 0 Å². The van der Waals surface area contributed by atoms with Crippen molar-refractivity contribution in [2.24, 2.45) is 4.99 Å². The molecule has 0 saturated heterocycles. The van der Waals surface area contributed by atoms with E-state index in [2.05, 4.69) is 38.1 Å². The van der Waals surface area contributed by atoms with E-state index in [1.54, 1.807) is 18.9 Å². The van der Waals surface area contributed by atoms with Crippen LogP contribution in [0.2, 0.25) is 0 Å². The Morgan fingerprint density at radius 1 is 1.33 bits per heavy atom. The number of nitrogens with zero attached hydrogens (tertiary/aromatic N) is 1. The molecule has 0 spiro atoms. The lowest BCUT2D eigenvalue weighted by Gasteiger charge is -2.23. The van der Waals surface area contributed by atoms with E-state index in [4.69, 9.17) is 9.73 Å². The molecule has 1 atom stereocenters. The van der Waals surface area contributed by atoms with Crippen LogP contribution < -0.4 is 0 Å². The Balaban J connectivity index is 2.29. The molecule has 0 saturated carbocycles. The molecule has 1 aliphatic rings. The number of hydrogen-bond donors (Lipinski definition) is 0. The first-order chi connectivity index (χ1) is 8.58. The minimum Gasteiger partial charge on any atom is -0.494 e. The SMILES string of the molecule is C/C=C(/OC)C1=NC(C)(C)C(c2ccccc2)S1. The molecule has 0 fully saturated rings. The van der Waals surface area contributed by atoms with Crippen molar-refractivity contribution in [3.05, 3.63) is 47.7 Å². The first kappa shape index (κ1) is 13.2. The summed E-state index contributed by atoms with van der Waals surface area (Å²) in [5.74, 6) is 0.867. The van der Waals surface area contributed by atoms with E-state index in [1.807, 2.05) is 19.1 Å². The number of hydrogen-bond acceptors (Lipinski definition) is 3. The molecule has 1 aromatic rings. The van der Waals surface area contributed by atoms with Crippen molar-refractivity contribution in [3.8, 4) is 0 Å². The van der Waals surface area contributed by atoms with Gasteiger partial charge in [0.05, 0.1) is 17.9 Å². The van der Waals surface area contributed by atoms with Crippen LogP contribution in [0.5, 0.6) is 0 Å². The lowest BCUT2D eigenvalue weighted by atomic mass is 9.95. The van der Waals surface area contributed by atoms with Crippen molar-refractivity contribution in [3.63, 3.8) is 0 Å². The normalized spacial score (nSPS) is 22.8. The highest BCUT2D eigenvalue weighted by Gasteiger charge is 2.39. The number of aliphatic imine (C=N–C) groups is 1. The molecule has 0 radical (unpaired) electrons. The van der Waals surface area contributed by atoms with Crippen molar-refractivity contribution in [2.45, 2.75) is 31.6 Å². The summed E-state index contributed by atoms with van der Waals surface area (Å²) >= 11 is 1.78. The van der Waals surface area contributed by atoms with E-state index in [9.17, 15) is 0 Å². The standard InChI is InChI=1S/C15H19NOS/c1-5-12(17-4)14-16-15(2,3)13(18-14)11-9-7-6-8-10-11/h5-10,13H,1-4H3/b12-5+. The topological polar surface area (TPSA) is 21.6 Å². The Kier molecular flexibility index (Phi) is 3.81. The molecule has 0 aliphatic carbocycles. The molecule has 3 heteroatoms. The molecule has 0 bridgehead atoms. The number of benzene rings is 1. The van der Waals surface area contributed by atoms with Gasteiger partial charge in [0.1, 0.15) is 10.8 Å². The van der Waals surface area contributed by atoms with Gasteiger partial charge in [-0.1, -0.05) is 42.1 Å². The van der Waals surface area contributed by atoms with Crippen molar-refractivity contribution < 1.29 is 4.74 Å². The average molecular weight is 261 g/mol. The molecule has 0 aromatic heterocycles. The molecule has 2 rings (SSSR count). The molecule has 18 heavy (non-hydrogen) atoms. The van der Waals surface area contributed by atoms with Crippen LogP contribution >= 0.6 is 11.8 Å². The quantitative estimate of drug-likeness (QED) is 0.760. The molecule has 1 aliphatic heterocycles. The summed E-state index contributed by atoms with van der Waals surface area (Å²) in [6.07, 6.45) is 1.97. The number of ether oxygens (including phenoxy) is 1. The first-order valence-electron chi connectivity index (χ1n) is 6.10. The number of allylic oxidation sites excluding steroid dienone is 1. The van der Waals surface area contributed by atoms with E-state index in [0.717, 1.165) is 10.8 Å². The van der Waals surface area contributed by atoms with Crippen LogP contribution in [0.4, 0.5) is 0 Å². The predicted molar refractivity (Wildman–Crippen MR) is 79.1 cm³/mol. The van der Waals surface area contributed by atoms with Gasteiger partial charge in [0.25, 0.3) is 0 Å². The molecule has 0 amide bonds. The Labute approximate surface area is 113 Å². The van der Waals surface area contributed by atoms with Crippen LogP contribution in [0.3, 0.4) is 0 Å². The van der Waals surface area contributed by atoms with Crippen molar-refractivity contribution in [1.82, 2.24) is 0 Å². The van der Waals surface area contributed by atoms with Crippen LogP contribution in [-0.2, 0) is 4.74 Å². The number of rotatable bonds is 3. The van der Waals surface area contributed by atoms with Gasteiger partial charge in [-0.15, -0.1) is 0 Å². The summed E-state index contributed by atoms with van der Waals surface area (Å²) in [4.78, 5) is 4.81. The van der Waals surface area contributed by atoms with Gasteiger partial charge in [0.15, 0.2) is 0 Å². The second-order valence-corrected chi connectivity index (χ2v) is 5.93. The minimum absolute atomic E-state index is 0.103. The van der Waals surface area contributed by atoms with Gasteiger partial charge < -0.3 is 4.74 Å². The lowest BCUT2D eigenvalue weighted by molar-refractivity contribution is 0.315. The third kappa shape index (κ3) is 2.46. The third-order valence-corrected chi connectivity index (χ3v) is 4.66. The van der Waals surface area contributed by atoms with E-state index < -0.39 is 0 Å². The van der Waals surface area contributed by atoms with E-state index >= 15 is 0 Å². The third-order valence-electron chi connectivity index (χ3n) is 3.06. The van der Waals surface area contributed by atoms with Crippen LogP contribution in [-0.4, -0.2) is 17.7 Å². The molecule has 1 aromatic carbocycles. The van der Waals surface area contributed by atoms with Gasteiger partial charge in [-0.05, 0) is 32.4 Å². The number of methoxy groups -OCH3 is 1. The molecule has 1 unspecified atom stereocenters. The molecule has 1 heterocycles. The summed E-state index contributed by atoms with van der Waals surface area (Å²) < 4.78 is 5.37. The second-order valence-electron chi connectivity index (χ2n) is 4.84. The lowest BCUT2D eigenvalue weighted by Crippen LogP contribution is -2.20. The summed E-state index contributed by atoms with van der Waals surface area (Å²) in [5, 5.41) is 1.35. The average Bonchev–Trinajstić information content (AvgIpc) is 2.68. The zero-order valence-electron chi connectivity index (χ0n) is 11.3. The highest BCUT2D eigenvalue weighted by molar-refractivity contribution is 8.15. The maximum absolute atomic E-state index is 5.37. The Hall–Kier alpha value is -1.22. The Bertz CT molecular complexity index is 477. The van der Waals surface area contributed by atoms with Crippen molar-refractivity contribution in [2.75, 3.05) is 7.11 Å². The van der Waals surface area contributed by atoms with Crippen LogP contribution in [0.15, 0.2) is 47.2 Å². The Morgan fingerprint density at radius 2 is 2.00 bits per heavy atom. The first-order valence-corrected chi connectivity index (χ1v) is 6.98. The summed E-state index contributed by atoms with van der Waals surface area (Å²) in [6.45, 7) is 6.33. The zero-order chi connectivity index (χ0) is 13.2. The fourth-order valence-electron chi connectivity index (χ4n) is 2.15. The predicted octanol–water partition coefficient (Wildman–Crippen LogP) is 4.20. The molecule has 96 valence electrons. The van der Waals surface area contributed by atoms with Crippen molar-refractivity contribution >= 4 is 16.8 Å². The maximum atomic E-state index is 5.37. The molecule has 2 nitrogen and oxygen atoms in total. The zero-order valence-corrected chi connectivity index (χ0v) is 12.1. The summed E-state index contributed by atoms with van der Waals surface area (Å²) in [6, 6.07) is 10.5. The minimum atomic E-state index is -0.103. The van der Waals surface area contributed by atoms with Crippen LogP contribution in [0, 0.1) is 0 Å². The summed E-state index contributed by atoms with van der Waals surface area (Å²) in [5.41, 5.74) is 1.21. The summed E-state index contributed by atoms with van der Waals surface area (Å²) in [7, 11) is 1.70. The fraction of sp³-hybridized carbons (Fsp3) is 0.400. The smallest absolute Gasteiger partial charge is 0.146 e.